The second-order valence-corrected chi connectivity index (χ2v) is 7.45. The van der Waals surface area contributed by atoms with Crippen molar-refractivity contribution >= 4 is 23.5 Å². The normalized spacial score (nSPS) is 16.0. The lowest BCUT2D eigenvalue weighted by Gasteiger charge is -2.13. The monoisotopic (exact) mass is 420 g/mol. The number of carbonyl (C=O) groups excluding carboxylic acids is 3. The average molecular weight is 420 g/mol. The minimum absolute atomic E-state index is 0.144. The Morgan fingerprint density at radius 1 is 1.06 bits per heavy atom. The first-order valence-electron chi connectivity index (χ1n) is 10.3. The Morgan fingerprint density at radius 2 is 1.87 bits per heavy atom. The van der Waals surface area contributed by atoms with Crippen LogP contribution in [-0.2, 0) is 22.6 Å². The summed E-state index contributed by atoms with van der Waals surface area (Å²) in [6.45, 7) is 0.733. The van der Waals surface area contributed by atoms with Crippen molar-refractivity contribution in [2.45, 2.75) is 38.3 Å². The fraction of sp³-hybridized carbons (Fsp3) is 0.318. The first-order valence-corrected chi connectivity index (χ1v) is 10.3. The minimum atomic E-state index is -0.663. The predicted octanol–water partition coefficient (Wildman–Crippen LogP) is 1.68. The molecule has 1 aliphatic rings. The molecule has 0 bridgehead atoms. The third kappa shape index (κ3) is 4.88. The van der Waals surface area contributed by atoms with Gasteiger partial charge in [-0.25, -0.2) is 4.79 Å². The molecule has 0 radical (unpaired) electrons. The third-order valence-electron chi connectivity index (χ3n) is 5.23. The molecule has 3 aromatic rings. The number of aryl methyl sites for hydroxylation is 1. The Morgan fingerprint density at radius 3 is 2.71 bits per heavy atom. The van der Waals surface area contributed by atoms with Crippen LogP contribution in [0.25, 0.3) is 5.65 Å². The quantitative estimate of drug-likeness (QED) is 0.404. The zero-order valence-electron chi connectivity index (χ0n) is 17.0. The molecule has 31 heavy (non-hydrogen) atoms. The van der Waals surface area contributed by atoms with Crippen LogP contribution < -0.4 is 10.6 Å². The molecule has 0 saturated carbocycles. The maximum absolute atomic E-state index is 12.5. The molecule has 1 aromatic carbocycles. The Labute approximate surface area is 179 Å². The van der Waals surface area contributed by atoms with Crippen LogP contribution in [0, 0.1) is 0 Å². The van der Waals surface area contributed by atoms with Gasteiger partial charge in [0.25, 0.3) is 5.91 Å². The lowest BCUT2D eigenvalue weighted by Crippen LogP contribution is -2.32. The van der Waals surface area contributed by atoms with Gasteiger partial charge in [0.05, 0.1) is 6.54 Å². The van der Waals surface area contributed by atoms with Crippen molar-refractivity contribution in [1.29, 1.82) is 0 Å². The van der Waals surface area contributed by atoms with Crippen molar-refractivity contribution in [1.82, 2.24) is 30.1 Å². The van der Waals surface area contributed by atoms with Gasteiger partial charge in [-0.15, -0.1) is 10.2 Å². The largest absolute Gasteiger partial charge is 0.356 e. The van der Waals surface area contributed by atoms with E-state index in [0.29, 0.717) is 13.0 Å². The second kappa shape index (κ2) is 9.38. The molecule has 1 atom stereocenters. The van der Waals surface area contributed by atoms with Gasteiger partial charge in [0.2, 0.25) is 5.91 Å². The Kier molecular flexibility index (Phi) is 6.21. The number of hydrogen-bond acceptors (Lipinski definition) is 5. The van der Waals surface area contributed by atoms with Gasteiger partial charge in [-0.2, -0.15) is 0 Å². The molecule has 0 aliphatic carbocycles. The Bertz CT molecular complexity index is 1080. The summed E-state index contributed by atoms with van der Waals surface area (Å²) < 4.78 is 1.93. The van der Waals surface area contributed by atoms with E-state index < -0.39 is 12.1 Å². The van der Waals surface area contributed by atoms with E-state index in [1.165, 1.54) is 4.90 Å². The van der Waals surface area contributed by atoms with Crippen molar-refractivity contribution in [3.63, 3.8) is 0 Å². The molecule has 2 N–H and O–H groups in total. The fourth-order valence-corrected chi connectivity index (χ4v) is 3.59. The third-order valence-corrected chi connectivity index (χ3v) is 5.23. The van der Waals surface area contributed by atoms with Crippen LogP contribution >= 0.6 is 0 Å². The van der Waals surface area contributed by atoms with Crippen LogP contribution in [0.2, 0.25) is 0 Å². The maximum Gasteiger partial charge on any atom is 0.325 e. The molecule has 1 saturated heterocycles. The predicted molar refractivity (Wildman–Crippen MR) is 113 cm³/mol. The van der Waals surface area contributed by atoms with E-state index in [9.17, 15) is 14.4 Å². The number of urea groups is 1. The van der Waals surface area contributed by atoms with Gasteiger partial charge in [-0.05, 0) is 30.5 Å². The standard InChI is InChI=1S/C22H24N6O3/c29-20(23-13-6-10-19-26-25-18-9-4-5-14-27(18)19)12-11-17-21(30)28(22(31)24-17)15-16-7-2-1-3-8-16/h1-5,7-9,14,17H,6,10-13,15H2,(H,23,29)(H,24,31). The lowest BCUT2D eigenvalue weighted by molar-refractivity contribution is -0.128. The summed E-state index contributed by atoms with van der Waals surface area (Å²) in [7, 11) is 0. The number of benzene rings is 1. The van der Waals surface area contributed by atoms with Gasteiger partial charge in [-0.3, -0.25) is 18.9 Å². The summed E-state index contributed by atoms with van der Waals surface area (Å²) in [5.74, 6) is 0.414. The second-order valence-electron chi connectivity index (χ2n) is 7.45. The minimum Gasteiger partial charge on any atom is -0.356 e. The van der Waals surface area contributed by atoms with E-state index in [1.54, 1.807) is 0 Å². The van der Waals surface area contributed by atoms with Gasteiger partial charge < -0.3 is 10.6 Å². The molecule has 4 rings (SSSR count). The summed E-state index contributed by atoms with van der Waals surface area (Å²) in [4.78, 5) is 38.0. The zero-order valence-corrected chi connectivity index (χ0v) is 17.0. The number of nitrogens with zero attached hydrogens (tertiary/aromatic N) is 4. The van der Waals surface area contributed by atoms with E-state index in [-0.39, 0.29) is 31.2 Å². The molecule has 1 fully saturated rings. The van der Waals surface area contributed by atoms with Gasteiger partial charge >= 0.3 is 6.03 Å². The first-order chi connectivity index (χ1) is 15.1. The molecule has 1 unspecified atom stereocenters. The number of rotatable bonds is 9. The number of hydrogen-bond donors (Lipinski definition) is 2. The molecule has 9 nitrogen and oxygen atoms in total. The number of fused-ring (bicyclic) bond motifs is 1. The molecule has 2 aromatic heterocycles. The number of pyridine rings is 1. The van der Waals surface area contributed by atoms with Gasteiger partial charge in [-0.1, -0.05) is 36.4 Å². The van der Waals surface area contributed by atoms with E-state index in [2.05, 4.69) is 20.8 Å². The summed E-state index contributed by atoms with van der Waals surface area (Å²) in [6, 6.07) is 14.0. The Balaban J connectivity index is 1.18. The molecule has 4 amide bonds. The average Bonchev–Trinajstić information content (AvgIpc) is 3.32. The number of carbonyl (C=O) groups is 3. The van der Waals surface area contributed by atoms with E-state index in [1.807, 2.05) is 59.1 Å². The number of aromatic nitrogens is 3. The van der Waals surface area contributed by atoms with Crippen LogP contribution in [0.1, 0.15) is 30.7 Å². The lowest BCUT2D eigenvalue weighted by atomic mass is 10.1. The maximum atomic E-state index is 12.5. The summed E-state index contributed by atoms with van der Waals surface area (Å²) in [6.07, 6.45) is 3.78. The zero-order chi connectivity index (χ0) is 21.6. The van der Waals surface area contributed by atoms with Crippen molar-refractivity contribution in [2.75, 3.05) is 6.54 Å². The van der Waals surface area contributed by atoms with Crippen molar-refractivity contribution in [3.05, 3.63) is 66.1 Å². The van der Waals surface area contributed by atoms with Crippen LogP contribution in [0.5, 0.6) is 0 Å². The molecule has 1 aliphatic heterocycles. The van der Waals surface area contributed by atoms with Gasteiger partial charge in [0.15, 0.2) is 5.65 Å². The van der Waals surface area contributed by atoms with Gasteiger partial charge in [0, 0.05) is 25.6 Å². The number of nitrogens with one attached hydrogen (secondary N) is 2. The smallest absolute Gasteiger partial charge is 0.325 e. The molecule has 9 heteroatoms. The van der Waals surface area contributed by atoms with E-state index >= 15 is 0 Å². The highest BCUT2D eigenvalue weighted by Gasteiger charge is 2.37. The SMILES string of the molecule is O=C(CCC1NC(=O)N(Cc2ccccc2)C1=O)NCCCc1nnc2ccccn12. The Hall–Kier alpha value is -3.75. The van der Waals surface area contributed by atoms with Crippen molar-refractivity contribution in [2.24, 2.45) is 0 Å². The van der Waals surface area contributed by atoms with Crippen molar-refractivity contribution in [3.8, 4) is 0 Å². The topological polar surface area (TPSA) is 109 Å². The molecule has 3 heterocycles. The highest BCUT2D eigenvalue weighted by molar-refractivity contribution is 6.04. The molecule has 160 valence electrons. The summed E-state index contributed by atoms with van der Waals surface area (Å²) in [5.41, 5.74) is 1.68. The van der Waals surface area contributed by atoms with Crippen LogP contribution in [0.4, 0.5) is 4.79 Å². The molecular formula is C22H24N6O3. The fourth-order valence-electron chi connectivity index (χ4n) is 3.59. The first kappa shape index (κ1) is 20.5. The van der Waals surface area contributed by atoms with Crippen molar-refractivity contribution < 1.29 is 14.4 Å². The highest BCUT2D eigenvalue weighted by Crippen LogP contribution is 2.15. The summed E-state index contributed by atoms with van der Waals surface area (Å²) in [5, 5.41) is 13.8. The summed E-state index contributed by atoms with van der Waals surface area (Å²) >= 11 is 0. The van der Waals surface area contributed by atoms with Gasteiger partial charge in [0.1, 0.15) is 11.9 Å². The number of amides is 4. The van der Waals surface area contributed by atoms with Crippen LogP contribution in [0.15, 0.2) is 54.7 Å². The van der Waals surface area contributed by atoms with E-state index in [4.69, 9.17) is 0 Å². The van der Waals surface area contributed by atoms with Crippen LogP contribution in [0.3, 0.4) is 0 Å². The molecular weight excluding hydrogens is 396 g/mol. The molecule has 0 spiro atoms. The number of imide groups is 1. The van der Waals surface area contributed by atoms with E-state index in [0.717, 1.165) is 23.5 Å². The highest BCUT2D eigenvalue weighted by atomic mass is 16.2. The van der Waals surface area contributed by atoms with Crippen LogP contribution in [-0.4, -0.2) is 49.9 Å².